The number of nitrogens with one attached hydrogen (secondary N) is 2. The predicted molar refractivity (Wildman–Crippen MR) is 77.8 cm³/mol. The molecule has 1 amide bonds. The summed E-state index contributed by atoms with van der Waals surface area (Å²) >= 11 is 5.80. The molecular weight excluding hydrogens is 295 g/mol. The van der Waals surface area contributed by atoms with Crippen LogP contribution in [0.5, 0.6) is 0 Å². The van der Waals surface area contributed by atoms with Gasteiger partial charge in [0.1, 0.15) is 5.82 Å². The number of aromatic nitrogens is 2. The molecule has 5 nitrogen and oxygen atoms in total. The summed E-state index contributed by atoms with van der Waals surface area (Å²) in [5.74, 6) is -0.574. The summed E-state index contributed by atoms with van der Waals surface area (Å²) in [5.41, 5.74) is 1.66. The smallest absolute Gasteiger partial charge is 0.257 e. The molecular formula is C14H14ClFN4O. The first-order valence-electron chi connectivity index (χ1n) is 6.65. The maximum atomic E-state index is 13.3. The minimum absolute atomic E-state index is 0.0164. The van der Waals surface area contributed by atoms with Gasteiger partial charge in [-0.1, -0.05) is 11.6 Å². The Kier molecular flexibility index (Phi) is 3.90. The molecule has 2 N–H and O–H groups in total. The van der Waals surface area contributed by atoms with E-state index in [1.54, 1.807) is 11.0 Å². The second-order valence-electron chi connectivity index (χ2n) is 4.83. The van der Waals surface area contributed by atoms with Crippen LogP contribution in [0.25, 0.3) is 11.3 Å². The van der Waals surface area contributed by atoms with E-state index in [1.807, 2.05) is 0 Å². The van der Waals surface area contributed by atoms with Gasteiger partial charge in [-0.3, -0.25) is 9.89 Å². The molecule has 0 radical (unpaired) electrons. The number of halogens is 2. The number of H-pyrrole nitrogens is 1. The van der Waals surface area contributed by atoms with Crippen molar-refractivity contribution >= 4 is 17.5 Å². The summed E-state index contributed by atoms with van der Waals surface area (Å²) in [6.07, 6.45) is 1.50. The molecule has 1 saturated heterocycles. The molecule has 1 aromatic carbocycles. The van der Waals surface area contributed by atoms with Gasteiger partial charge in [0.15, 0.2) is 0 Å². The molecule has 3 rings (SSSR count). The molecule has 1 aromatic heterocycles. The van der Waals surface area contributed by atoms with Gasteiger partial charge in [0.25, 0.3) is 5.91 Å². The number of benzene rings is 1. The van der Waals surface area contributed by atoms with E-state index >= 15 is 0 Å². The number of nitrogens with zero attached hydrogens (tertiary/aromatic N) is 2. The minimum atomic E-state index is -0.491. The first-order valence-corrected chi connectivity index (χ1v) is 7.03. The second kappa shape index (κ2) is 5.83. The van der Waals surface area contributed by atoms with Crippen molar-refractivity contribution < 1.29 is 9.18 Å². The van der Waals surface area contributed by atoms with Crippen LogP contribution < -0.4 is 5.32 Å². The van der Waals surface area contributed by atoms with Gasteiger partial charge in [-0.15, -0.1) is 0 Å². The second-order valence-corrected chi connectivity index (χ2v) is 5.24. The van der Waals surface area contributed by atoms with E-state index in [1.165, 1.54) is 18.3 Å². The standard InChI is InChI=1S/C14H14ClFN4O/c15-11-7-9(1-2-12(11)16)13-10(8-18-19-13)14(21)20-5-3-17-4-6-20/h1-2,7-8,17H,3-6H2,(H,18,19). The molecule has 0 atom stereocenters. The number of carbonyl (C=O) groups is 1. The van der Waals surface area contributed by atoms with E-state index in [9.17, 15) is 9.18 Å². The SMILES string of the molecule is O=C(c1cn[nH]c1-c1ccc(F)c(Cl)c1)N1CCNCC1. The fraction of sp³-hybridized carbons (Fsp3) is 0.286. The number of piperazine rings is 1. The van der Waals surface area contributed by atoms with E-state index < -0.39 is 5.82 Å². The van der Waals surface area contributed by atoms with Crippen LogP contribution in [0, 0.1) is 5.82 Å². The third kappa shape index (κ3) is 2.77. The summed E-state index contributed by atoms with van der Waals surface area (Å²) in [6, 6.07) is 4.33. The van der Waals surface area contributed by atoms with Crippen LogP contribution in [0.4, 0.5) is 4.39 Å². The third-order valence-electron chi connectivity index (χ3n) is 3.48. The molecule has 0 unspecified atom stereocenters. The third-order valence-corrected chi connectivity index (χ3v) is 3.77. The zero-order chi connectivity index (χ0) is 14.8. The topological polar surface area (TPSA) is 61.0 Å². The van der Waals surface area contributed by atoms with Crippen LogP contribution in [-0.4, -0.2) is 47.2 Å². The van der Waals surface area contributed by atoms with Gasteiger partial charge in [0.2, 0.25) is 0 Å². The first kappa shape index (κ1) is 14.0. The molecule has 110 valence electrons. The Hall–Kier alpha value is -1.92. The predicted octanol–water partition coefficient (Wildman–Crippen LogP) is 1.91. The molecule has 1 fully saturated rings. The van der Waals surface area contributed by atoms with Gasteiger partial charge in [-0.25, -0.2) is 4.39 Å². The Labute approximate surface area is 126 Å². The zero-order valence-electron chi connectivity index (χ0n) is 11.2. The Morgan fingerprint density at radius 1 is 1.33 bits per heavy atom. The highest BCUT2D eigenvalue weighted by atomic mass is 35.5. The maximum Gasteiger partial charge on any atom is 0.257 e. The van der Waals surface area contributed by atoms with Crippen molar-refractivity contribution in [1.29, 1.82) is 0 Å². The fourth-order valence-electron chi connectivity index (χ4n) is 2.36. The van der Waals surface area contributed by atoms with Gasteiger partial charge in [-0.2, -0.15) is 5.10 Å². The molecule has 7 heteroatoms. The van der Waals surface area contributed by atoms with E-state index in [0.29, 0.717) is 29.9 Å². The van der Waals surface area contributed by atoms with Crippen LogP contribution in [0.3, 0.4) is 0 Å². The highest BCUT2D eigenvalue weighted by molar-refractivity contribution is 6.31. The molecule has 1 aliphatic rings. The van der Waals surface area contributed by atoms with Gasteiger partial charge < -0.3 is 10.2 Å². The van der Waals surface area contributed by atoms with Crippen LogP contribution >= 0.6 is 11.6 Å². The number of rotatable bonds is 2. The summed E-state index contributed by atoms with van der Waals surface area (Å²) in [6.45, 7) is 2.88. The highest BCUT2D eigenvalue weighted by Crippen LogP contribution is 2.26. The van der Waals surface area contributed by atoms with E-state index in [2.05, 4.69) is 15.5 Å². The lowest BCUT2D eigenvalue weighted by atomic mass is 10.1. The normalized spacial score (nSPS) is 15.2. The summed E-state index contributed by atoms with van der Waals surface area (Å²) in [5, 5.41) is 9.95. The molecule has 0 aliphatic carbocycles. The molecule has 2 heterocycles. The van der Waals surface area contributed by atoms with Gasteiger partial charge in [0, 0.05) is 31.7 Å². The Morgan fingerprint density at radius 2 is 2.10 bits per heavy atom. The average Bonchev–Trinajstić information content (AvgIpc) is 2.99. The van der Waals surface area contributed by atoms with Crippen LogP contribution in [-0.2, 0) is 0 Å². The van der Waals surface area contributed by atoms with Gasteiger partial charge in [0.05, 0.1) is 22.5 Å². The minimum Gasteiger partial charge on any atom is -0.336 e. The largest absolute Gasteiger partial charge is 0.336 e. The zero-order valence-corrected chi connectivity index (χ0v) is 12.0. The van der Waals surface area contributed by atoms with Crippen LogP contribution in [0.15, 0.2) is 24.4 Å². The highest BCUT2D eigenvalue weighted by Gasteiger charge is 2.22. The molecule has 2 aromatic rings. The van der Waals surface area contributed by atoms with Crippen molar-refractivity contribution in [2.24, 2.45) is 0 Å². The van der Waals surface area contributed by atoms with E-state index in [4.69, 9.17) is 11.6 Å². The lowest BCUT2D eigenvalue weighted by Gasteiger charge is -2.27. The molecule has 0 spiro atoms. The maximum absolute atomic E-state index is 13.3. The van der Waals surface area contributed by atoms with Crippen molar-refractivity contribution in [3.05, 3.63) is 40.8 Å². The van der Waals surface area contributed by atoms with E-state index in [-0.39, 0.29) is 10.9 Å². The summed E-state index contributed by atoms with van der Waals surface area (Å²) in [4.78, 5) is 14.3. The molecule has 0 saturated carbocycles. The number of amides is 1. The number of hydrogen-bond donors (Lipinski definition) is 2. The van der Waals surface area contributed by atoms with Crippen molar-refractivity contribution in [3.63, 3.8) is 0 Å². The summed E-state index contributed by atoms with van der Waals surface area (Å²) < 4.78 is 13.3. The monoisotopic (exact) mass is 308 g/mol. The van der Waals surface area contributed by atoms with Crippen molar-refractivity contribution in [2.45, 2.75) is 0 Å². The Balaban J connectivity index is 1.92. The van der Waals surface area contributed by atoms with Crippen molar-refractivity contribution in [2.75, 3.05) is 26.2 Å². The Morgan fingerprint density at radius 3 is 2.81 bits per heavy atom. The molecule has 21 heavy (non-hydrogen) atoms. The Bertz CT molecular complexity index is 667. The first-order chi connectivity index (χ1) is 10.2. The lowest BCUT2D eigenvalue weighted by molar-refractivity contribution is 0.0736. The lowest BCUT2D eigenvalue weighted by Crippen LogP contribution is -2.46. The van der Waals surface area contributed by atoms with Gasteiger partial charge >= 0.3 is 0 Å². The average molecular weight is 309 g/mol. The quantitative estimate of drug-likeness (QED) is 0.891. The van der Waals surface area contributed by atoms with E-state index in [0.717, 1.165) is 13.1 Å². The van der Waals surface area contributed by atoms with Crippen molar-refractivity contribution in [3.8, 4) is 11.3 Å². The number of carbonyl (C=O) groups excluding carboxylic acids is 1. The van der Waals surface area contributed by atoms with Crippen LogP contribution in [0.1, 0.15) is 10.4 Å². The number of aromatic amines is 1. The molecule has 0 bridgehead atoms. The van der Waals surface area contributed by atoms with Crippen LogP contribution in [0.2, 0.25) is 5.02 Å². The van der Waals surface area contributed by atoms with Crippen molar-refractivity contribution in [1.82, 2.24) is 20.4 Å². The van der Waals surface area contributed by atoms with Gasteiger partial charge in [-0.05, 0) is 18.2 Å². The number of hydrogen-bond acceptors (Lipinski definition) is 3. The summed E-state index contributed by atoms with van der Waals surface area (Å²) in [7, 11) is 0. The fourth-order valence-corrected chi connectivity index (χ4v) is 2.54. The molecule has 1 aliphatic heterocycles.